The topological polar surface area (TPSA) is 70.1 Å². The van der Waals surface area contributed by atoms with Crippen LogP contribution >= 0.6 is 0 Å². The summed E-state index contributed by atoms with van der Waals surface area (Å²) in [6, 6.07) is 2.02. The lowest BCUT2D eigenvalue weighted by Crippen LogP contribution is -2.40. The van der Waals surface area contributed by atoms with Crippen molar-refractivity contribution in [1.29, 1.82) is 0 Å². The number of rotatable bonds is 5. The Kier molecular flexibility index (Phi) is 4.85. The molecule has 1 atom stereocenters. The summed E-state index contributed by atoms with van der Waals surface area (Å²) in [6.07, 6.45) is 5.97. The number of hydrogen-bond donors (Lipinski definition) is 1. The van der Waals surface area contributed by atoms with Crippen molar-refractivity contribution in [3.05, 3.63) is 35.5 Å². The molecule has 2 aromatic heterocycles. The van der Waals surface area contributed by atoms with Crippen molar-refractivity contribution >= 4 is 11.8 Å². The fraction of sp³-hybridized carbons (Fsp3) is 0.556. The molecule has 1 N–H and O–H groups in total. The van der Waals surface area contributed by atoms with E-state index in [-0.39, 0.29) is 5.54 Å². The predicted molar refractivity (Wildman–Crippen MR) is 99.7 cm³/mol. The highest BCUT2D eigenvalue weighted by Crippen LogP contribution is 2.38. The Labute approximate surface area is 149 Å². The highest BCUT2D eigenvalue weighted by Gasteiger charge is 2.41. The summed E-state index contributed by atoms with van der Waals surface area (Å²) in [5.74, 6) is 2.50. The first-order chi connectivity index (χ1) is 11.9. The molecule has 3 heterocycles. The highest BCUT2D eigenvalue weighted by molar-refractivity contribution is 5.38. The second kappa shape index (κ2) is 6.92. The summed E-state index contributed by atoms with van der Waals surface area (Å²) in [5.41, 5.74) is 1.94. The Morgan fingerprint density at radius 3 is 2.60 bits per heavy atom. The number of hydrogen-bond acceptors (Lipinski definition) is 7. The van der Waals surface area contributed by atoms with E-state index < -0.39 is 0 Å². The lowest BCUT2D eigenvalue weighted by molar-refractivity contribution is 0.137. The highest BCUT2D eigenvalue weighted by atomic mass is 15.3. The van der Waals surface area contributed by atoms with Gasteiger partial charge in [-0.3, -0.25) is 4.90 Å². The van der Waals surface area contributed by atoms with Gasteiger partial charge in [0.1, 0.15) is 5.82 Å². The molecule has 1 aliphatic rings. The first-order valence-electron chi connectivity index (χ1n) is 8.69. The van der Waals surface area contributed by atoms with Crippen LogP contribution < -0.4 is 10.2 Å². The van der Waals surface area contributed by atoms with Gasteiger partial charge < -0.3 is 10.2 Å². The van der Waals surface area contributed by atoms with Gasteiger partial charge in [0.25, 0.3) is 0 Å². The lowest BCUT2D eigenvalue weighted by atomic mass is 9.97. The summed E-state index contributed by atoms with van der Waals surface area (Å²) in [6.45, 7) is 6.11. The molecule has 0 aromatic carbocycles. The van der Waals surface area contributed by atoms with Crippen LogP contribution in [0.25, 0.3) is 0 Å². The Morgan fingerprint density at radius 2 is 1.96 bits per heavy atom. The molecule has 1 saturated heterocycles. The summed E-state index contributed by atoms with van der Waals surface area (Å²) >= 11 is 0. The Balaban J connectivity index is 1.88. The van der Waals surface area contributed by atoms with Crippen molar-refractivity contribution in [3.63, 3.8) is 0 Å². The van der Waals surface area contributed by atoms with Gasteiger partial charge in [-0.25, -0.2) is 19.9 Å². The van der Waals surface area contributed by atoms with Crippen LogP contribution in [0.3, 0.4) is 0 Å². The number of aromatic nitrogens is 4. The van der Waals surface area contributed by atoms with Gasteiger partial charge in [-0.2, -0.15) is 0 Å². The number of anilines is 2. The fourth-order valence-corrected chi connectivity index (χ4v) is 3.33. The largest absolute Gasteiger partial charge is 0.363 e. The van der Waals surface area contributed by atoms with Gasteiger partial charge >= 0.3 is 0 Å². The van der Waals surface area contributed by atoms with Crippen molar-refractivity contribution < 1.29 is 0 Å². The van der Waals surface area contributed by atoms with Crippen LogP contribution in [0.2, 0.25) is 0 Å². The zero-order valence-electron chi connectivity index (χ0n) is 15.7. The van der Waals surface area contributed by atoms with Gasteiger partial charge in [0, 0.05) is 57.4 Å². The molecule has 0 amide bonds. The minimum absolute atomic E-state index is 0.168. The van der Waals surface area contributed by atoms with E-state index in [1.54, 1.807) is 0 Å². The van der Waals surface area contributed by atoms with Crippen LogP contribution in [-0.4, -0.2) is 52.5 Å². The first-order valence-corrected chi connectivity index (χ1v) is 8.69. The van der Waals surface area contributed by atoms with E-state index in [1.165, 1.54) is 0 Å². The molecule has 0 saturated carbocycles. The second-order valence-corrected chi connectivity index (χ2v) is 7.05. The van der Waals surface area contributed by atoms with Crippen LogP contribution in [0.5, 0.6) is 0 Å². The molecular weight excluding hydrogens is 314 g/mol. The molecule has 7 heteroatoms. The van der Waals surface area contributed by atoms with Gasteiger partial charge in [-0.05, 0) is 33.2 Å². The summed E-state index contributed by atoms with van der Waals surface area (Å²) < 4.78 is 0. The van der Waals surface area contributed by atoms with E-state index in [9.17, 15) is 0 Å². The van der Waals surface area contributed by atoms with E-state index in [2.05, 4.69) is 27.1 Å². The van der Waals surface area contributed by atoms with Crippen LogP contribution in [-0.2, 0) is 12.1 Å². The quantitative estimate of drug-likeness (QED) is 0.894. The van der Waals surface area contributed by atoms with Crippen LogP contribution in [0.4, 0.5) is 11.8 Å². The standard InChI is InChI=1S/C18H27N7/c1-13-9-15(24(4)5)23-16(22-13)18(2)7-6-8-25(18)12-14-10-20-17(19-3)21-11-14/h9-11H,6-8,12H2,1-5H3,(H,19,20,21)/t18-/m1/s1. The summed E-state index contributed by atoms with van der Waals surface area (Å²) in [7, 11) is 5.85. The maximum atomic E-state index is 4.84. The van der Waals surface area contributed by atoms with E-state index >= 15 is 0 Å². The Morgan fingerprint density at radius 1 is 1.24 bits per heavy atom. The van der Waals surface area contributed by atoms with E-state index in [0.29, 0.717) is 5.95 Å². The van der Waals surface area contributed by atoms with Crippen LogP contribution in [0.15, 0.2) is 18.5 Å². The third-order valence-electron chi connectivity index (χ3n) is 4.87. The van der Waals surface area contributed by atoms with Gasteiger partial charge in [0.2, 0.25) is 5.95 Å². The van der Waals surface area contributed by atoms with Crippen molar-refractivity contribution in [1.82, 2.24) is 24.8 Å². The molecule has 25 heavy (non-hydrogen) atoms. The molecule has 1 aliphatic heterocycles. The minimum Gasteiger partial charge on any atom is -0.363 e. The Hall–Kier alpha value is -2.28. The van der Waals surface area contributed by atoms with Crippen LogP contribution in [0.1, 0.15) is 36.8 Å². The third kappa shape index (κ3) is 3.56. The van der Waals surface area contributed by atoms with E-state index in [4.69, 9.17) is 9.97 Å². The van der Waals surface area contributed by atoms with Crippen molar-refractivity contribution in [2.75, 3.05) is 37.9 Å². The molecule has 0 aliphatic carbocycles. The smallest absolute Gasteiger partial charge is 0.222 e. The summed E-state index contributed by atoms with van der Waals surface area (Å²) in [5, 5.41) is 2.95. The van der Waals surface area contributed by atoms with Gasteiger partial charge in [-0.15, -0.1) is 0 Å². The number of aryl methyl sites for hydroxylation is 1. The number of nitrogens with zero attached hydrogens (tertiary/aromatic N) is 6. The van der Waals surface area contributed by atoms with E-state index in [1.807, 2.05) is 51.4 Å². The zero-order chi connectivity index (χ0) is 18.0. The van der Waals surface area contributed by atoms with Crippen molar-refractivity contribution in [2.45, 2.75) is 38.8 Å². The molecule has 7 nitrogen and oxygen atoms in total. The van der Waals surface area contributed by atoms with E-state index in [0.717, 1.165) is 48.8 Å². The molecule has 3 rings (SSSR count). The van der Waals surface area contributed by atoms with Crippen molar-refractivity contribution in [2.24, 2.45) is 0 Å². The Bertz CT molecular complexity index is 729. The molecule has 2 aromatic rings. The van der Waals surface area contributed by atoms with Gasteiger partial charge in [0.15, 0.2) is 5.82 Å². The number of likely N-dealkylation sites (tertiary alicyclic amines) is 1. The molecule has 134 valence electrons. The average Bonchev–Trinajstić information content (AvgIpc) is 2.97. The molecule has 0 spiro atoms. The molecule has 0 bridgehead atoms. The second-order valence-electron chi connectivity index (χ2n) is 7.05. The zero-order valence-corrected chi connectivity index (χ0v) is 15.7. The summed E-state index contributed by atoms with van der Waals surface area (Å²) in [4.78, 5) is 22.7. The van der Waals surface area contributed by atoms with Crippen LogP contribution in [0, 0.1) is 6.92 Å². The first kappa shape index (κ1) is 17.5. The molecular formula is C18H27N7. The normalized spacial score (nSPS) is 20.7. The molecule has 1 fully saturated rings. The van der Waals surface area contributed by atoms with Gasteiger partial charge in [0.05, 0.1) is 5.54 Å². The maximum Gasteiger partial charge on any atom is 0.222 e. The van der Waals surface area contributed by atoms with Crippen molar-refractivity contribution in [3.8, 4) is 0 Å². The van der Waals surface area contributed by atoms with Gasteiger partial charge in [-0.1, -0.05) is 0 Å². The lowest BCUT2D eigenvalue weighted by Gasteiger charge is -2.34. The molecule has 0 unspecified atom stereocenters. The maximum absolute atomic E-state index is 4.84. The SMILES string of the molecule is CNc1ncc(CN2CCC[C@]2(C)c2nc(C)cc(N(C)C)n2)cn1. The minimum atomic E-state index is -0.168. The monoisotopic (exact) mass is 341 g/mol. The third-order valence-corrected chi connectivity index (χ3v) is 4.87. The fourth-order valence-electron chi connectivity index (χ4n) is 3.33. The average molecular weight is 341 g/mol. The number of nitrogens with one attached hydrogen (secondary N) is 1. The molecule has 0 radical (unpaired) electrons. The predicted octanol–water partition coefficient (Wildman–Crippen LogP) is 2.19.